The van der Waals surface area contributed by atoms with Crippen LogP contribution in [0.5, 0.6) is 0 Å². The van der Waals surface area contributed by atoms with E-state index in [0.29, 0.717) is 10.0 Å². The number of rotatable bonds is 3. The summed E-state index contributed by atoms with van der Waals surface area (Å²) in [6.45, 7) is 0.190. The Labute approximate surface area is 94.0 Å². The Morgan fingerprint density at radius 3 is 2.73 bits per heavy atom. The van der Waals surface area contributed by atoms with Crippen molar-refractivity contribution in [3.63, 3.8) is 0 Å². The number of hydrogen-bond acceptors (Lipinski definition) is 3. The summed E-state index contributed by atoms with van der Waals surface area (Å²) in [5.41, 5.74) is 5.87. The van der Waals surface area contributed by atoms with E-state index in [1.165, 1.54) is 6.20 Å². The number of hydrogen-bond donors (Lipinski definition) is 1. The lowest BCUT2D eigenvalue weighted by molar-refractivity contribution is 0.145. The van der Waals surface area contributed by atoms with Gasteiger partial charge in [0.2, 0.25) is 0 Å². The molecule has 0 radical (unpaired) electrons. The molecule has 80 valence electrons. The predicted molar refractivity (Wildman–Crippen MR) is 54.1 cm³/mol. The van der Waals surface area contributed by atoms with Gasteiger partial charge in [0.05, 0.1) is 12.5 Å². The number of nitriles is 1. The first-order valence-corrected chi connectivity index (χ1v) is 4.92. The van der Waals surface area contributed by atoms with E-state index in [1.807, 2.05) is 6.07 Å². The van der Waals surface area contributed by atoms with E-state index in [0.717, 1.165) is 0 Å². The van der Waals surface area contributed by atoms with Gasteiger partial charge in [0, 0.05) is 22.8 Å². The molecular weight excluding hydrogens is 268 g/mol. The van der Waals surface area contributed by atoms with Gasteiger partial charge >= 0.3 is 0 Å². The highest BCUT2D eigenvalue weighted by Crippen LogP contribution is 2.29. The van der Waals surface area contributed by atoms with Gasteiger partial charge in [-0.05, 0) is 5.56 Å². The minimum Gasteiger partial charge on any atom is -0.326 e. The predicted octanol–water partition coefficient (Wildman–Crippen LogP) is 2.31. The van der Waals surface area contributed by atoms with Crippen LogP contribution in [0.2, 0.25) is 0 Å². The zero-order valence-electron chi connectivity index (χ0n) is 7.67. The monoisotopic (exact) mass is 275 g/mol. The molecule has 0 unspecified atom stereocenters. The topological polar surface area (TPSA) is 62.7 Å². The van der Waals surface area contributed by atoms with E-state index < -0.39 is 6.43 Å². The minimum absolute atomic E-state index is 0.110. The number of alkyl halides is 2. The van der Waals surface area contributed by atoms with Crippen molar-refractivity contribution >= 4 is 15.9 Å². The summed E-state index contributed by atoms with van der Waals surface area (Å²) in [4.78, 5) is 3.62. The van der Waals surface area contributed by atoms with Crippen molar-refractivity contribution in [3.05, 3.63) is 27.5 Å². The second-order valence-electron chi connectivity index (χ2n) is 2.80. The van der Waals surface area contributed by atoms with E-state index >= 15 is 0 Å². The maximum Gasteiger partial charge on any atom is 0.280 e. The number of aromatic nitrogens is 1. The van der Waals surface area contributed by atoms with Crippen LogP contribution in [0.3, 0.4) is 0 Å². The average Bonchev–Trinajstić information content (AvgIpc) is 2.20. The Kier molecular flexibility index (Phi) is 4.12. The summed E-state index contributed by atoms with van der Waals surface area (Å²) in [6, 6.07) is 1.83. The van der Waals surface area contributed by atoms with Crippen LogP contribution in [0.15, 0.2) is 10.7 Å². The second kappa shape index (κ2) is 5.14. The average molecular weight is 276 g/mol. The van der Waals surface area contributed by atoms with Gasteiger partial charge in [-0.3, -0.25) is 4.98 Å². The van der Waals surface area contributed by atoms with Crippen LogP contribution in [0.25, 0.3) is 0 Å². The molecule has 0 atom stereocenters. The third kappa shape index (κ3) is 2.49. The third-order valence-corrected chi connectivity index (χ3v) is 2.89. The molecule has 1 rings (SSSR count). The second-order valence-corrected chi connectivity index (χ2v) is 3.59. The molecule has 0 aliphatic heterocycles. The van der Waals surface area contributed by atoms with Gasteiger partial charge in [0.25, 0.3) is 6.43 Å². The van der Waals surface area contributed by atoms with Crippen LogP contribution in [0, 0.1) is 11.3 Å². The Bertz CT molecular complexity index is 401. The fraction of sp³-hybridized carbons (Fsp3) is 0.333. The lowest BCUT2D eigenvalue weighted by atomic mass is 10.1. The Balaban J connectivity index is 3.32. The summed E-state index contributed by atoms with van der Waals surface area (Å²) in [6.07, 6.45) is -1.50. The molecule has 0 fully saturated rings. The van der Waals surface area contributed by atoms with Gasteiger partial charge in [0.1, 0.15) is 5.69 Å². The molecule has 0 saturated carbocycles. The first-order valence-electron chi connectivity index (χ1n) is 4.13. The molecule has 1 heterocycles. The summed E-state index contributed by atoms with van der Waals surface area (Å²) < 4.78 is 25.5. The summed E-state index contributed by atoms with van der Waals surface area (Å²) in [5.74, 6) is 0. The van der Waals surface area contributed by atoms with Crippen LogP contribution in [0.4, 0.5) is 8.78 Å². The minimum atomic E-state index is -2.68. The van der Waals surface area contributed by atoms with Crippen molar-refractivity contribution < 1.29 is 8.78 Å². The summed E-state index contributed by atoms with van der Waals surface area (Å²) in [7, 11) is 0. The van der Waals surface area contributed by atoms with E-state index in [1.54, 1.807) is 0 Å². The molecule has 2 N–H and O–H groups in total. The van der Waals surface area contributed by atoms with Crippen molar-refractivity contribution in [2.75, 3.05) is 0 Å². The van der Waals surface area contributed by atoms with Crippen molar-refractivity contribution in [2.45, 2.75) is 19.4 Å². The first-order chi connectivity index (χ1) is 7.11. The smallest absolute Gasteiger partial charge is 0.280 e. The largest absolute Gasteiger partial charge is 0.326 e. The fourth-order valence-corrected chi connectivity index (χ4v) is 1.77. The van der Waals surface area contributed by atoms with Gasteiger partial charge in [-0.25, -0.2) is 8.78 Å². The maximum absolute atomic E-state index is 12.5. The molecule has 0 saturated heterocycles. The van der Waals surface area contributed by atoms with Crippen molar-refractivity contribution in [2.24, 2.45) is 5.73 Å². The first kappa shape index (κ1) is 12.0. The summed E-state index contributed by atoms with van der Waals surface area (Å²) in [5, 5.41) is 8.54. The molecule has 3 nitrogen and oxygen atoms in total. The van der Waals surface area contributed by atoms with Gasteiger partial charge in [-0.15, -0.1) is 0 Å². The van der Waals surface area contributed by atoms with E-state index in [9.17, 15) is 8.78 Å². The third-order valence-electron chi connectivity index (χ3n) is 1.90. The van der Waals surface area contributed by atoms with Crippen LogP contribution in [-0.2, 0) is 13.0 Å². The number of halogens is 3. The summed E-state index contributed by atoms with van der Waals surface area (Å²) >= 11 is 3.16. The molecule has 6 heteroatoms. The van der Waals surface area contributed by atoms with E-state index in [4.69, 9.17) is 11.0 Å². The molecule has 0 aliphatic rings. The van der Waals surface area contributed by atoms with Gasteiger partial charge in [0.15, 0.2) is 0 Å². The molecule has 0 spiro atoms. The Morgan fingerprint density at radius 1 is 1.60 bits per heavy atom. The molecule has 15 heavy (non-hydrogen) atoms. The van der Waals surface area contributed by atoms with Crippen molar-refractivity contribution in [1.82, 2.24) is 4.98 Å². The lowest BCUT2D eigenvalue weighted by Crippen LogP contribution is -2.05. The fourth-order valence-electron chi connectivity index (χ4n) is 1.17. The van der Waals surface area contributed by atoms with Gasteiger partial charge in [-0.2, -0.15) is 5.26 Å². The molecule has 0 amide bonds. The molecule has 0 aromatic carbocycles. The molecule has 0 bridgehead atoms. The standard InChI is InChI=1S/C9H8BrF2N3/c10-7-5(3-14)4-15-8(9(11)12)6(7)1-2-13/h4,9H,1,3,14H2. The molecule has 1 aromatic heterocycles. The normalized spacial score (nSPS) is 10.4. The maximum atomic E-state index is 12.5. The Hall–Kier alpha value is -1.06. The molecular formula is C9H8BrF2N3. The Morgan fingerprint density at radius 2 is 2.27 bits per heavy atom. The van der Waals surface area contributed by atoms with Crippen LogP contribution in [-0.4, -0.2) is 4.98 Å². The van der Waals surface area contributed by atoms with Crippen molar-refractivity contribution in [1.29, 1.82) is 5.26 Å². The highest BCUT2D eigenvalue weighted by atomic mass is 79.9. The van der Waals surface area contributed by atoms with E-state index in [2.05, 4.69) is 20.9 Å². The van der Waals surface area contributed by atoms with Crippen molar-refractivity contribution in [3.8, 4) is 6.07 Å². The van der Waals surface area contributed by atoms with Gasteiger partial charge < -0.3 is 5.73 Å². The van der Waals surface area contributed by atoms with E-state index in [-0.39, 0.29) is 24.2 Å². The quantitative estimate of drug-likeness (QED) is 0.921. The zero-order chi connectivity index (χ0) is 11.4. The van der Waals surface area contributed by atoms with Crippen LogP contribution >= 0.6 is 15.9 Å². The highest BCUT2D eigenvalue weighted by molar-refractivity contribution is 9.10. The zero-order valence-corrected chi connectivity index (χ0v) is 9.26. The number of nitrogens with zero attached hydrogens (tertiary/aromatic N) is 2. The molecule has 0 aliphatic carbocycles. The van der Waals surface area contributed by atoms with Crippen LogP contribution < -0.4 is 5.73 Å². The number of nitrogens with two attached hydrogens (primary N) is 1. The highest BCUT2D eigenvalue weighted by Gasteiger charge is 2.18. The molecule has 1 aromatic rings. The lowest BCUT2D eigenvalue weighted by Gasteiger charge is -2.10. The SMILES string of the molecule is N#CCc1c(C(F)F)ncc(CN)c1Br. The van der Waals surface area contributed by atoms with Gasteiger partial charge in [-0.1, -0.05) is 15.9 Å². The van der Waals surface area contributed by atoms with Crippen LogP contribution in [0.1, 0.15) is 23.2 Å². The number of pyridine rings is 1.